The van der Waals surface area contributed by atoms with Crippen LogP contribution in [-0.4, -0.2) is 33.1 Å². The molecular formula is C21H24BrN3O. The van der Waals surface area contributed by atoms with Crippen molar-refractivity contribution in [2.45, 2.75) is 39.0 Å². The van der Waals surface area contributed by atoms with Gasteiger partial charge in [-0.2, -0.15) is 0 Å². The van der Waals surface area contributed by atoms with Crippen molar-refractivity contribution in [3.8, 4) is 0 Å². The Hall–Kier alpha value is -1.69. The fourth-order valence-corrected chi connectivity index (χ4v) is 4.21. The highest BCUT2D eigenvalue weighted by molar-refractivity contribution is 9.10. The van der Waals surface area contributed by atoms with Gasteiger partial charge in [-0.1, -0.05) is 17.7 Å². The summed E-state index contributed by atoms with van der Waals surface area (Å²) < 4.78 is 3.10. The number of hydrogen-bond acceptors (Lipinski definition) is 3. The number of rotatable bonds is 3. The number of benzene rings is 1. The van der Waals surface area contributed by atoms with Crippen molar-refractivity contribution >= 4 is 26.8 Å². The van der Waals surface area contributed by atoms with E-state index in [1.54, 1.807) is 6.20 Å². The van der Waals surface area contributed by atoms with Crippen molar-refractivity contribution in [3.63, 3.8) is 0 Å². The summed E-state index contributed by atoms with van der Waals surface area (Å²) >= 11 is 3.36. The Morgan fingerprint density at radius 3 is 2.81 bits per heavy atom. The maximum absolute atomic E-state index is 11.2. The van der Waals surface area contributed by atoms with E-state index in [2.05, 4.69) is 62.6 Å². The van der Waals surface area contributed by atoms with E-state index in [1.807, 2.05) is 19.1 Å². The molecule has 136 valence electrons. The van der Waals surface area contributed by atoms with Crippen molar-refractivity contribution in [3.05, 3.63) is 63.5 Å². The molecule has 0 fully saturated rings. The molecule has 1 atom stereocenters. The van der Waals surface area contributed by atoms with Gasteiger partial charge in [0.25, 0.3) is 0 Å². The Morgan fingerprint density at radius 1 is 1.27 bits per heavy atom. The van der Waals surface area contributed by atoms with Crippen LogP contribution in [0.2, 0.25) is 0 Å². The standard InChI is InChI=1S/C21H24BrN3O/c1-14-4-6-18-16(10-14)17-12-24(3)9-8-19(17)25(18)13-21(2,26)15-5-7-20(22)23-11-15/h4-7,10-11,26H,8-9,12-13H2,1-3H3. The van der Waals surface area contributed by atoms with Crippen molar-refractivity contribution in [2.75, 3.05) is 13.6 Å². The summed E-state index contributed by atoms with van der Waals surface area (Å²) in [6.45, 7) is 6.54. The van der Waals surface area contributed by atoms with Crippen molar-refractivity contribution in [2.24, 2.45) is 0 Å². The van der Waals surface area contributed by atoms with Gasteiger partial charge < -0.3 is 14.6 Å². The lowest BCUT2D eigenvalue weighted by atomic mass is 9.97. The zero-order valence-corrected chi connectivity index (χ0v) is 17.0. The van der Waals surface area contributed by atoms with Gasteiger partial charge in [-0.25, -0.2) is 4.98 Å². The average molecular weight is 414 g/mol. The molecule has 4 nitrogen and oxygen atoms in total. The normalized spacial score (nSPS) is 17.3. The van der Waals surface area contributed by atoms with Gasteiger partial charge in [-0.05, 0) is 60.6 Å². The van der Waals surface area contributed by atoms with E-state index in [0.29, 0.717) is 6.54 Å². The molecular weight excluding hydrogens is 390 g/mol. The van der Waals surface area contributed by atoms with Crippen molar-refractivity contribution < 1.29 is 5.11 Å². The molecule has 0 aliphatic carbocycles. The molecule has 1 unspecified atom stereocenters. The molecule has 1 aromatic carbocycles. The molecule has 1 aliphatic rings. The lowest BCUT2D eigenvalue weighted by Gasteiger charge is -2.28. The second kappa shape index (κ2) is 6.48. The third kappa shape index (κ3) is 3.08. The van der Waals surface area contributed by atoms with E-state index in [1.165, 1.54) is 27.7 Å². The number of fused-ring (bicyclic) bond motifs is 3. The van der Waals surface area contributed by atoms with E-state index in [0.717, 1.165) is 29.7 Å². The zero-order valence-electron chi connectivity index (χ0n) is 15.5. The molecule has 5 heteroatoms. The molecule has 0 saturated heterocycles. The van der Waals surface area contributed by atoms with E-state index < -0.39 is 5.60 Å². The molecule has 1 N–H and O–H groups in total. The van der Waals surface area contributed by atoms with Gasteiger partial charge in [0.1, 0.15) is 10.2 Å². The summed E-state index contributed by atoms with van der Waals surface area (Å²) in [7, 11) is 2.17. The topological polar surface area (TPSA) is 41.3 Å². The van der Waals surface area contributed by atoms with Crippen LogP contribution in [0.1, 0.15) is 29.3 Å². The lowest BCUT2D eigenvalue weighted by Crippen LogP contribution is -2.31. The van der Waals surface area contributed by atoms with Gasteiger partial charge >= 0.3 is 0 Å². The van der Waals surface area contributed by atoms with Crippen LogP contribution >= 0.6 is 15.9 Å². The molecule has 0 amide bonds. The quantitative estimate of drug-likeness (QED) is 0.659. The number of aryl methyl sites for hydroxylation is 1. The van der Waals surface area contributed by atoms with Crippen molar-refractivity contribution in [1.29, 1.82) is 0 Å². The third-order valence-electron chi connectivity index (χ3n) is 5.42. The highest BCUT2D eigenvalue weighted by Crippen LogP contribution is 2.34. The smallest absolute Gasteiger partial charge is 0.106 e. The Labute approximate surface area is 162 Å². The predicted molar refractivity (Wildman–Crippen MR) is 108 cm³/mol. The third-order valence-corrected chi connectivity index (χ3v) is 5.88. The SMILES string of the molecule is Cc1ccc2c(c1)c1c(n2CC(C)(O)c2ccc(Br)nc2)CCN(C)C1. The minimum Gasteiger partial charge on any atom is -0.384 e. The highest BCUT2D eigenvalue weighted by Gasteiger charge is 2.29. The first-order valence-electron chi connectivity index (χ1n) is 8.99. The van der Waals surface area contributed by atoms with Gasteiger partial charge in [0.15, 0.2) is 0 Å². The van der Waals surface area contributed by atoms with Crippen LogP contribution in [0.3, 0.4) is 0 Å². The van der Waals surface area contributed by atoms with E-state index in [9.17, 15) is 5.11 Å². The minimum absolute atomic E-state index is 0.523. The van der Waals surface area contributed by atoms with Crippen LogP contribution in [0.15, 0.2) is 41.1 Å². The molecule has 4 rings (SSSR count). The average Bonchev–Trinajstić information content (AvgIpc) is 2.87. The highest BCUT2D eigenvalue weighted by atomic mass is 79.9. The number of pyridine rings is 1. The molecule has 0 radical (unpaired) electrons. The van der Waals surface area contributed by atoms with Gasteiger partial charge in [0.05, 0.1) is 6.54 Å². The Balaban J connectivity index is 1.82. The summed E-state index contributed by atoms with van der Waals surface area (Å²) in [6.07, 6.45) is 2.76. The number of likely N-dealkylation sites (N-methyl/N-ethyl adjacent to an activating group) is 1. The number of hydrogen-bond donors (Lipinski definition) is 1. The monoisotopic (exact) mass is 413 g/mol. The first-order chi connectivity index (χ1) is 12.3. The fraction of sp³-hybridized carbons (Fsp3) is 0.381. The molecule has 0 spiro atoms. The molecule has 3 aromatic rings. The molecule has 0 bridgehead atoms. The number of aromatic nitrogens is 2. The Bertz CT molecular complexity index is 960. The minimum atomic E-state index is -0.984. The zero-order chi connectivity index (χ0) is 18.5. The van der Waals surface area contributed by atoms with Crippen molar-refractivity contribution in [1.82, 2.24) is 14.5 Å². The van der Waals surface area contributed by atoms with Crippen LogP contribution in [-0.2, 0) is 25.1 Å². The summed E-state index contributed by atoms with van der Waals surface area (Å²) in [5.74, 6) is 0. The van der Waals surface area contributed by atoms with Crippen LogP contribution in [0.5, 0.6) is 0 Å². The van der Waals surface area contributed by atoms with Gasteiger partial charge in [-0.15, -0.1) is 0 Å². The first kappa shape index (κ1) is 17.7. The van der Waals surface area contributed by atoms with Gasteiger partial charge in [0, 0.05) is 47.9 Å². The summed E-state index contributed by atoms with van der Waals surface area (Å²) in [5.41, 5.74) is 5.09. The van der Waals surface area contributed by atoms with Gasteiger partial charge in [0.2, 0.25) is 0 Å². The molecule has 26 heavy (non-hydrogen) atoms. The van der Waals surface area contributed by atoms with E-state index in [4.69, 9.17) is 0 Å². The first-order valence-corrected chi connectivity index (χ1v) is 9.78. The van der Waals surface area contributed by atoms with Crippen LogP contribution in [0.25, 0.3) is 10.9 Å². The van der Waals surface area contributed by atoms with Crippen LogP contribution in [0, 0.1) is 6.92 Å². The maximum atomic E-state index is 11.2. The molecule has 2 aromatic heterocycles. The number of halogens is 1. The summed E-state index contributed by atoms with van der Waals surface area (Å²) in [4.78, 5) is 6.65. The number of aliphatic hydroxyl groups is 1. The second-order valence-electron chi connectivity index (χ2n) is 7.66. The maximum Gasteiger partial charge on any atom is 0.106 e. The van der Waals surface area contributed by atoms with Crippen LogP contribution < -0.4 is 0 Å². The summed E-state index contributed by atoms with van der Waals surface area (Å²) in [6, 6.07) is 10.4. The largest absolute Gasteiger partial charge is 0.384 e. The fourth-order valence-electron chi connectivity index (χ4n) is 3.97. The Kier molecular flexibility index (Phi) is 4.41. The predicted octanol–water partition coefficient (Wildman–Crippen LogP) is 4.00. The Morgan fingerprint density at radius 2 is 2.08 bits per heavy atom. The second-order valence-corrected chi connectivity index (χ2v) is 8.48. The van der Waals surface area contributed by atoms with E-state index >= 15 is 0 Å². The van der Waals surface area contributed by atoms with Crippen LogP contribution in [0.4, 0.5) is 0 Å². The number of nitrogens with zero attached hydrogens (tertiary/aromatic N) is 3. The molecule has 3 heterocycles. The lowest BCUT2D eigenvalue weighted by molar-refractivity contribution is 0.0381. The van der Waals surface area contributed by atoms with E-state index in [-0.39, 0.29) is 0 Å². The van der Waals surface area contributed by atoms with Gasteiger partial charge in [-0.3, -0.25) is 0 Å². The summed E-state index contributed by atoms with van der Waals surface area (Å²) in [5, 5.41) is 12.5. The molecule has 0 saturated carbocycles. The molecule has 1 aliphatic heterocycles.